The fourth-order valence-electron chi connectivity index (χ4n) is 3.64. The summed E-state index contributed by atoms with van der Waals surface area (Å²) in [6.45, 7) is 6.25. The zero-order chi connectivity index (χ0) is 17.7. The van der Waals surface area contributed by atoms with E-state index in [4.69, 9.17) is 0 Å². The Hall–Kier alpha value is -1.84. The van der Waals surface area contributed by atoms with Crippen LogP contribution < -0.4 is 4.90 Å². The van der Waals surface area contributed by atoms with Crippen molar-refractivity contribution in [2.24, 2.45) is 11.8 Å². The summed E-state index contributed by atoms with van der Waals surface area (Å²) in [6.07, 6.45) is 4.24. The van der Waals surface area contributed by atoms with Gasteiger partial charge in [-0.3, -0.25) is 9.59 Å². The Bertz CT molecular complexity index is 574. The smallest absolute Gasteiger partial charge is 0.306 e. The Morgan fingerprint density at radius 2 is 1.79 bits per heavy atom. The quantitative estimate of drug-likeness (QED) is 0.847. The van der Waals surface area contributed by atoms with Crippen LogP contribution in [0.1, 0.15) is 58.4 Å². The van der Waals surface area contributed by atoms with Crippen molar-refractivity contribution in [3.63, 3.8) is 0 Å². The Kier molecular flexibility index (Phi) is 6.41. The highest BCUT2D eigenvalue weighted by Gasteiger charge is 2.32. The molecule has 0 aliphatic heterocycles. The number of hydrogen-bond acceptors (Lipinski definition) is 2. The Morgan fingerprint density at radius 1 is 1.17 bits per heavy atom. The first-order valence-electron chi connectivity index (χ1n) is 9.06. The van der Waals surface area contributed by atoms with Gasteiger partial charge in [-0.15, -0.1) is 0 Å². The molecule has 1 aliphatic rings. The van der Waals surface area contributed by atoms with Crippen LogP contribution >= 0.6 is 0 Å². The van der Waals surface area contributed by atoms with Crippen LogP contribution in [0.25, 0.3) is 0 Å². The number of carboxylic acid groups (broad SMARTS) is 1. The SMILES string of the molecule is CCC(=O)N(c1ccccc1CC(C)C)C1CCC(C(=O)O)CC1. The summed E-state index contributed by atoms with van der Waals surface area (Å²) in [6, 6.07) is 8.26. The van der Waals surface area contributed by atoms with Crippen LogP contribution in [-0.4, -0.2) is 23.0 Å². The monoisotopic (exact) mass is 331 g/mol. The standard InChI is InChI=1S/C20H29NO3/c1-4-19(22)21(17-11-9-15(10-12-17)20(23)24)18-8-6-5-7-16(18)13-14(2)3/h5-8,14-15,17H,4,9-13H2,1-3H3,(H,23,24). The lowest BCUT2D eigenvalue weighted by atomic mass is 9.84. The second-order valence-electron chi connectivity index (χ2n) is 7.19. The van der Waals surface area contributed by atoms with E-state index in [1.807, 2.05) is 30.0 Å². The molecule has 0 bridgehead atoms. The van der Waals surface area contributed by atoms with Crippen molar-refractivity contribution in [2.45, 2.75) is 65.3 Å². The molecule has 1 amide bonds. The fraction of sp³-hybridized carbons (Fsp3) is 0.600. The molecule has 1 N–H and O–H groups in total. The maximum Gasteiger partial charge on any atom is 0.306 e. The van der Waals surface area contributed by atoms with E-state index < -0.39 is 5.97 Å². The minimum atomic E-state index is -0.706. The first kappa shape index (κ1) is 18.5. The van der Waals surface area contributed by atoms with E-state index in [-0.39, 0.29) is 17.9 Å². The van der Waals surface area contributed by atoms with Crippen LogP contribution in [0.2, 0.25) is 0 Å². The molecule has 0 aromatic heterocycles. The van der Waals surface area contributed by atoms with Crippen molar-refractivity contribution in [2.75, 3.05) is 4.90 Å². The zero-order valence-corrected chi connectivity index (χ0v) is 15.0. The molecule has 4 heteroatoms. The fourth-order valence-corrected chi connectivity index (χ4v) is 3.64. The van der Waals surface area contributed by atoms with Gasteiger partial charge in [0.2, 0.25) is 5.91 Å². The molecular weight excluding hydrogens is 302 g/mol. The number of anilines is 1. The number of carbonyl (C=O) groups is 2. The van der Waals surface area contributed by atoms with E-state index in [2.05, 4.69) is 19.9 Å². The minimum absolute atomic E-state index is 0.112. The molecule has 0 saturated heterocycles. The molecule has 1 aliphatic carbocycles. The highest BCUT2D eigenvalue weighted by Crippen LogP contribution is 2.33. The van der Waals surface area contributed by atoms with Gasteiger partial charge in [0, 0.05) is 18.2 Å². The number of carboxylic acids is 1. The van der Waals surface area contributed by atoms with Crippen LogP contribution in [0.5, 0.6) is 0 Å². The molecule has 0 radical (unpaired) electrons. The maximum atomic E-state index is 12.7. The van der Waals surface area contributed by atoms with Gasteiger partial charge in [0.15, 0.2) is 0 Å². The second kappa shape index (κ2) is 8.32. The zero-order valence-electron chi connectivity index (χ0n) is 15.0. The Labute approximate surface area is 144 Å². The van der Waals surface area contributed by atoms with Gasteiger partial charge in [0.25, 0.3) is 0 Å². The van der Waals surface area contributed by atoms with E-state index in [1.54, 1.807) is 0 Å². The second-order valence-corrected chi connectivity index (χ2v) is 7.19. The van der Waals surface area contributed by atoms with Crippen molar-refractivity contribution in [3.8, 4) is 0 Å². The lowest BCUT2D eigenvalue weighted by Gasteiger charge is -2.37. The number of benzene rings is 1. The van der Waals surface area contributed by atoms with E-state index >= 15 is 0 Å². The van der Waals surface area contributed by atoms with Crippen molar-refractivity contribution in [1.29, 1.82) is 0 Å². The molecule has 0 atom stereocenters. The Balaban J connectivity index is 2.27. The molecule has 1 saturated carbocycles. The van der Waals surface area contributed by atoms with Gasteiger partial charge in [-0.2, -0.15) is 0 Å². The molecule has 0 heterocycles. The molecule has 1 aromatic carbocycles. The van der Waals surface area contributed by atoms with Gasteiger partial charge >= 0.3 is 5.97 Å². The summed E-state index contributed by atoms with van der Waals surface area (Å²) in [5.74, 6) is -0.315. The van der Waals surface area contributed by atoms with E-state index in [9.17, 15) is 14.7 Å². The average molecular weight is 331 g/mol. The van der Waals surface area contributed by atoms with E-state index in [0.29, 0.717) is 25.2 Å². The summed E-state index contributed by atoms with van der Waals surface area (Å²) in [7, 11) is 0. The van der Waals surface area contributed by atoms with Crippen molar-refractivity contribution < 1.29 is 14.7 Å². The third kappa shape index (κ3) is 4.37. The van der Waals surface area contributed by atoms with Crippen LogP contribution in [0.3, 0.4) is 0 Å². The highest BCUT2D eigenvalue weighted by atomic mass is 16.4. The van der Waals surface area contributed by atoms with Crippen molar-refractivity contribution >= 4 is 17.6 Å². The summed E-state index contributed by atoms with van der Waals surface area (Å²) < 4.78 is 0. The van der Waals surface area contributed by atoms with Crippen molar-refractivity contribution in [1.82, 2.24) is 0 Å². The van der Waals surface area contributed by atoms with Gasteiger partial charge in [-0.05, 0) is 49.7 Å². The van der Waals surface area contributed by atoms with Crippen LogP contribution in [0, 0.1) is 11.8 Å². The van der Waals surface area contributed by atoms with Gasteiger partial charge < -0.3 is 10.0 Å². The molecule has 1 fully saturated rings. The number of aliphatic carboxylic acids is 1. The van der Waals surface area contributed by atoms with Crippen LogP contribution in [-0.2, 0) is 16.0 Å². The topological polar surface area (TPSA) is 57.6 Å². The number of rotatable bonds is 6. The molecule has 0 spiro atoms. The normalized spacial score (nSPS) is 20.8. The molecule has 2 rings (SSSR count). The first-order chi connectivity index (χ1) is 11.4. The van der Waals surface area contributed by atoms with E-state index in [0.717, 1.165) is 24.9 Å². The number of carbonyl (C=O) groups excluding carboxylic acids is 1. The Morgan fingerprint density at radius 3 is 2.33 bits per heavy atom. The lowest BCUT2D eigenvalue weighted by Crippen LogP contribution is -2.43. The predicted octanol–water partition coefficient (Wildman–Crippen LogP) is 4.27. The summed E-state index contributed by atoms with van der Waals surface area (Å²) in [5.41, 5.74) is 2.21. The van der Waals surface area contributed by atoms with Gasteiger partial charge in [-0.25, -0.2) is 0 Å². The lowest BCUT2D eigenvalue weighted by molar-refractivity contribution is -0.142. The van der Waals surface area contributed by atoms with E-state index in [1.165, 1.54) is 5.56 Å². The van der Waals surface area contributed by atoms with Crippen LogP contribution in [0.4, 0.5) is 5.69 Å². The average Bonchev–Trinajstić information content (AvgIpc) is 2.56. The molecule has 24 heavy (non-hydrogen) atoms. The highest BCUT2D eigenvalue weighted by molar-refractivity contribution is 5.94. The molecule has 0 unspecified atom stereocenters. The number of amides is 1. The first-order valence-corrected chi connectivity index (χ1v) is 9.06. The largest absolute Gasteiger partial charge is 0.481 e. The summed E-state index contributed by atoms with van der Waals surface area (Å²) >= 11 is 0. The number of hydrogen-bond donors (Lipinski definition) is 1. The molecular formula is C20H29NO3. The van der Waals surface area contributed by atoms with Gasteiger partial charge in [0.1, 0.15) is 0 Å². The minimum Gasteiger partial charge on any atom is -0.481 e. The number of nitrogens with zero attached hydrogens (tertiary/aromatic N) is 1. The number of para-hydroxylation sites is 1. The third-order valence-corrected chi connectivity index (χ3v) is 4.86. The molecule has 132 valence electrons. The van der Waals surface area contributed by atoms with Gasteiger partial charge in [-0.1, -0.05) is 39.0 Å². The molecule has 1 aromatic rings. The van der Waals surface area contributed by atoms with Crippen molar-refractivity contribution in [3.05, 3.63) is 29.8 Å². The molecule has 4 nitrogen and oxygen atoms in total. The predicted molar refractivity (Wildman–Crippen MR) is 96.1 cm³/mol. The van der Waals surface area contributed by atoms with Gasteiger partial charge in [0.05, 0.1) is 5.92 Å². The summed E-state index contributed by atoms with van der Waals surface area (Å²) in [5, 5.41) is 9.20. The summed E-state index contributed by atoms with van der Waals surface area (Å²) in [4.78, 5) is 25.8. The van der Waals surface area contributed by atoms with Crippen LogP contribution in [0.15, 0.2) is 24.3 Å². The third-order valence-electron chi connectivity index (χ3n) is 4.86. The maximum absolute atomic E-state index is 12.7.